The smallest absolute Gasteiger partial charge is 1.00 e. The van der Waals surface area contributed by atoms with E-state index < -0.39 is 12.9 Å². The zero-order valence-electron chi connectivity index (χ0n) is 20.8. The predicted molar refractivity (Wildman–Crippen MR) is 168 cm³/mol. The number of hydrogen-bond donors (Lipinski definition) is 0. The molecule has 0 aliphatic rings. The first-order chi connectivity index (χ1) is 16.5. The molecular formula is C30H32Cl2P2S2Sn. The van der Waals surface area contributed by atoms with E-state index in [9.17, 15) is 0 Å². The van der Waals surface area contributed by atoms with Gasteiger partial charge in [-0.2, -0.15) is 0 Å². The van der Waals surface area contributed by atoms with Gasteiger partial charge in [0.2, 0.25) is 0 Å². The van der Waals surface area contributed by atoms with Crippen LogP contribution in [0, 0.1) is 13.8 Å². The van der Waals surface area contributed by atoms with Crippen molar-refractivity contribution in [2.75, 3.05) is 12.3 Å². The van der Waals surface area contributed by atoms with Crippen LogP contribution in [0.4, 0.5) is 0 Å². The van der Waals surface area contributed by atoms with Crippen molar-refractivity contribution >= 4 is 82.6 Å². The first-order valence-electron chi connectivity index (χ1n) is 11.5. The van der Waals surface area contributed by atoms with Crippen LogP contribution in [-0.4, -0.2) is 36.2 Å². The van der Waals surface area contributed by atoms with Gasteiger partial charge in [0.25, 0.3) is 0 Å². The molecule has 0 fully saturated rings. The van der Waals surface area contributed by atoms with E-state index in [4.69, 9.17) is 24.5 Å². The molecule has 4 aromatic rings. The number of halogens is 2. The van der Waals surface area contributed by atoms with Gasteiger partial charge in [-0.3, -0.25) is 0 Å². The average molecular weight is 708 g/mol. The van der Waals surface area contributed by atoms with Crippen molar-refractivity contribution in [1.82, 2.24) is 0 Å². The fourth-order valence-corrected chi connectivity index (χ4v) is 11.3. The first-order valence-corrected chi connectivity index (χ1v) is 17.5. The summed E-state index contributed by atoms with van der Waals surface area (Å²) in [5.41, 5.74) is 0. The summed E-state index contributed by atoms with van der Waals surface area (Å²) in [6, 6.07) is 42.0. The van der Waals surface area contributed by atoms with Gasteiger partial charge in [0.15, 0.2) is 0 Å². The van der Waals surface area contributed by atoms with Gasteiger partial charge in [-0.1, -0.05) is 72.8 Å². The monoisotopic (exact) mass is 708 g/mol. The second-order valence-electron chi connectivity index (χ2n) is 7.98. The van der Waals surface area contributed by atoms with Crippen molar-refractivity contribution < 1.29 is 24.8 Å². The van der Waals surface area contributed by atoms with Gasteiger partial charge in [0, 0.05) is 12.3 Å². The van der Waals surface area contributed by atoms with Crippen LogP contribution in [0.1, 0.15) is 12.8 Å². The Hall–Kier alpha value is -0.181. The Kier molecular flexibility index (Phi) is 18.9. The fraction of sp³-hybridized carbons (Fsp3) is 0.133. The normalized spacial score (nSPS) is 10.5. The molecule has 0 N–H and O–H groups in total. The molecule has 4 aromatic carbocycles. The van der Waals surface area contributed by atoms with Crippen LogP contribution in [0.15, 0.2) is 121 Å². The molecular weight excluding hydrogens is 676 g/mol. The second-order valence-corrected chi connectivity index (χ2v) is 17.6. The zero-order valence-corrected chi connectivity index (χ0v) is 28.5. The van der Waals surface area contributed by atoms with Crippen LogP contribution >= 0.6 is 12.9 Å². The van der Waals surface area contributed by atoms with E-state index in [1.165, 1.54) is 21.2 Å². The molecule has 7 heteroatoms. The molecule has 0 atom stereocenters. The van der Waals surface area contributed by atoms with Crippen molar-refractivity contribution in [1.29, 1.82) is 0 Å². The minimum absolute atomic E-state index is 0. The van der Waals surface area contributed by atoms with Crippen LogP contribution in [-0.2, 0) is 24.5 Å². The molecule has 0 nitrogen and oxygen atoms in total. The van der Waals surface area contributed by atoms with Gasteiger partial charge >= 0.3 is 23.9 Å². The summed E-state index contributed by atoms with van der Waals surface area (Å²) >= 11 is 12.0. The summed E-state index contributed by atoms with van der Waals surface area (Å²) in [5.74, 6) is 0. The van der Waals surface area contributed by atoms with Gasteiger partial charge in [-0.05, 0) is 88.1 Å². The van der Waals surface area contributed by atoms with E-state index in [2.05, 4.69) is 111 Å². The minimum Gasteiger partial charge on any atom is -1.00 e. The molecule has 0 unspecified atom stereocenters. The van der Waals surface area contributed by atoms with Crippen molar-refractivity contribution in [3.05, 3.63) is 135 Å². The molecule has 4 rings (SSSR count). The van der Waals surface area contributed by atoms with Crippen molar-refractivity contribution in [3.8, 4) is 0 Å². The summed E-state index contributed by atoms with van der Waals surface area (Å²) < 4.78 is 0. The minimum atomic E-state index is -1.65. The van der Waals surface area contributed by atoms with Crippen molar-refractivity contribution in [3.63, 3.8) is 0 Å². The third-order valence-electron chi connectivity index (χ3n) is 5.64. The third-order valence-corrected chi connectivity index (χ3v) is 15.7. The quantitative estimate of drug-likeness (QED) is 0.147. The molecule has 0 amide bonds. The molecule has 0 aromatic heterocycles. The standard InChI is InChI=1S/2C15H16PS.2ClH.Sn/c2*1-2-13-16(17,14-9-5-3-6-10-14)15-11-7-4-8-12-15;;;/h2*3-12H,1-2,13H2;2*1H;/q;;;;+2/p-2. The number of hydrogen-bond acceptors (Lipinski definition) is 2. The van der Waals surface area contributed by atoms with E-state index >= 15 is 0 Å². The molecule has 192 valence electrons. The average Bonchev–Trinajstić information content (AvgIpc) is 2.91. The Morgan fingerprint density at radius 2 is 0.622 bits per heavy atom. The van der Waals surface area contributed by atoms with E-state index in [0.29, 0.717) is 0 Å². The maximum atomic E-state index is 6.01. The molecule has 0 saturated carbocycles. The fourth-order valence-electron chi connectivity index (χ4n) is 3.94. The van der Waals surface area contributed by atoms with Gasteiger partial charge in [0.1, 0.15) is 0 Å². The van der Waals surface area contributed by atoms with Crippen molar-refractivity contribution in [2.45, 2.75) is 12.8 Å². The summed E-state index contributed by atoms with van der Waals surface area (Å²) in [4.78, 5) is 0. The number of benzene rings is 4. The van der Waals surface area contributed by atoms with E-state index in [1.807, 2.05) is 24.3 Å². The Balaban J connectivity index is 0.000000648. The Labute approximate surface area is 265 Å². The zero-order chi connectivity index (χ0) is 24.3. The SMILES string of the molecule is [CH2]CC[P+]([S-])(c1ccccc1)c1ccccc1.[CH2]CC[P+]([S-])(c1ccccc1)c1ccccc1.[Cl-].[Cl-].[Sn+2]. The Morgan fingerprint density at radius 3 is 0.784 bits per heavy atom. The molecule has 4 radical (unpaired) electrons. The molecule has 37 heavy (non-hydrogen) atoms. The number of rotatable bonds is 8. The van der Waals surface area contributed by atoms with Crippen LogP contribution in [0.5, 0.6) is 0 Å². The van der Waals surface area contributed by atoms with E-state index in [0.717, 1.165) is 25.2 Å². The largest absolute Gasteiger partial charge is 2.00 e. The van der Waals surface area contributed by atoms with E-state index in [1.54, 1.807) is 0 Å². The van der Waals surface area contributed by atoms with Gasteiger partial charge in [0.05, 0.1) is 21.2 Å². The molecule has 0 saturated heterocycles. The van der Waals surface area contributed by atoms with Gasteiger partial charge in [-0.25, -0.2) is 0 Å². The summed E-state index contributed by atoms with van der Waals surface area (Å²) in [6.45, 7) is 4.66. The Bertz CT molecular complexity index is 936. The van der Waals surface area contributed by atoms with Gasteiger partial charge in [-0.15, -0.1) is 0 Å². The molecule has 0 aliphatic carbocycles. The summed E-state index contributed by atoms with van der Waals surface area (Å²) in [5, 5.41) is 5.18. The summed E-state index contributed by atoms with van der Waals surface area (Å²) in [7, 11) is 0. The molecule has 0 spiro atoms. The van der Waals surface area contributed by atoms with Crippen LogP contribution in [0.25, 0.3) is 0 Å². The third kappa shape index (κ3) is 10.1. The van der Waals surface area contributed by atoms with Crippen LogP contribution < -0.4 is 46.0 Å². The maximum Gasteiger partial charge on any atom is 2.00 e. The second kappa shape index (κ2) is 19.0. The molecule has 0 heterocycles. The van der Waals surface area contributed by atoms with E-state index in [-0.39, 0.29) is 48.7 Å². The van der Waals surface area contributed by atoms with Crippen LogP contribution in [0.3, 0.4) is 0 Å². The maximum absolute atomic E-state index is 6.01. The Morgan fingerprint density at radius 1 is 0.432 bits per heavy atom. The molecule has 0 bridgehead atoms. The van der Waals surface area contributed by atoms with Crippen LogP contribution in [0.2, 0.25) is 0 Å². The molecule has 0 aliphatic heterocycles. The first kappa shape index (κ1) is 36.8. The summed E-state index contributed by atoms with van der Waals surface area (Å²) in [6.07, 6.45) is 3.77. The van der Waals surface area contributed by atoms with Crippen molar-refractivity contribution in [2.24, 2.45) is 0 Å². The topological polar surface area (TPSA) is 0 Å². The predicted octanol–water partition coefficient (Wildman–Crippen LogP) is 0.309. The van der Waals surface area contributed by atoms with Gasteiger partial charge < -0.3 is 49.3 Å².